The third kappa shape index (κ3) is 3.80. The van der Waals surface area contributed by atoms with E-state index in [2.05, 4.69) is 5.32 Å². The van der Waals surface area contributed by atoms with Crippen LogP contribution in [0, 0.1) is 13.8 Å². The highest BCUT2D eigenvalue weighted by Gasteiger charge is 2.28. The van der Waals surface area contributed by atoms with Crippen molar-refractivity contribution >= 4 is 33.3 Å². The minimum atomic E-state index is -3.28. The van der Waals surface area contributed by atoms with E-state index in [0.717, 1.165) is 0 Å². The van der Waals surface area contributed by atoms with E-state index in [1.165, 1.54) is 10.4 Å². The van der Waals surface area contributed by atoms with Crippen molar-refractivity contribution in [2.75, 3.05) is 21.9 Å². The van der Waals surface area contributed by atoms with E-state index >= 15 is 0 Å². The van der Waals surface area contributed by atoms with Gasteiger partial charge in [-0.05, 0) is 61.7 Å². The Bertz CT molecular complexity index is 1030. The zero-order chi connectivity index (χ0) is 19.8. The molecule has 1 aliphatic heterocycles. The highest BCUT2D eigenvalue weighted by molar-refractivity contribution is 7.93. The predicted molar refractivity (Wildman–Crippen MR) is 103 cm³/mol. The summed E-state index contributed by atoms with van der Waals surface area (Å²) in [6.45, 7) is 3.86. The Morgan fingerprint density at radius 2 is 1.78 bits per heavy atom. The molecule has 0 spiro atoms. The number of anilines is 2. The first-order valence-electron chi connectivity index (χ1n) is 8.45. The van der Waals surface area contributed by atoms with E-state index in [9.17, 15) is 23.1 Å². The SMILES string of the molecule is Cc1ccc(NC(=O)c2ccc(N3CCCS3(=O)=O)cc2C)cc1C(=O)O. The summed E-state index contributed by atoms with van der Waals surface area (Å²) >= 11 is 0. The second kappa shape index (κ2) is 7.03. The fourth-order valence-corrected chi connectivity index (χ4v) is 4.67. The normalized spacial score (nSPS) is 15.6. The molecule has 2 aromatic carbocycles. The van der Waals surface area contributed by atoms with Gasteiger partial charge in [0.05, 0.1) is 17.0 Å². The number of aromatic carboxylic acids is 1. The summed E-state index contributed by atoms with van der Waals surface area (Å²) in [6.07, 6.45) is 0.586. The molecule has 0 bridgehead atoms. The lowest BCUT2D eigenvalue weighted by Crippen LogP contribution is -2.25. The summed E-state index contributed by atoms with van der Waals surface area (Å²) in [5.41, 5.74) is 2.69. The lowest BCUT2D eigenvalue weighted by Gasteiger charge is -2.18. The number of benzene rings is 2. The first kappa shape index (κ1) is 18.9. The molecule has 8 heteroatoms. The highest BCUT2D eigenvalue weighted by Crippen LogP contribution is 2.26. The van der Waals surface area contributed by atoms with Crippen molar-refractivity contribution in [3.8, 4) is 0 Å². The van der Waals surface area contributed by atoms with Crippen LogP contribution in [-0.4, -0.2) is 37.7 Å². The molecule has 3 rings (SSSR count). The lowest BCUT2D eigenvalue weighted by atomic mass is 10.1. The van der Waals surface area contributed by atoms with Gasteiger partial charge in [-0.15, -0.1) is 0 Å². The molecule has 0 radical (unpaired) electrons. The van der Waals surface area contributed by atoms with Crippen molar-refractivity contribution < 1.29 is 23.1 Å². The summed E-state index contributed by atoms with van der Waals surface area (Å²) < 4.78 is 25.5. The zero-order valence-electron chi connectivity index (χ0n) is 15.0. The first-order valence-corrected chi connectivity index (χ1v) is 10.1. The minimum absolute atomic E-state index is 0.124. The molecule has 1 aliphatic rings. The summed E-state index contributed by atoms with van der Waals surface area (Å²) in [4.78, 5) is 23.8. The Morgan fingerprint density at radius 1 is 1.04 bits per heavy atom. The maximum Gasteiger partial charge on any atom is 0.336 e. The summed E-state index contributed by atoms with van der Waals surface area (Å²) in [5, 5.41) is 11.9. The van der Waals surface area contributed by atoms with E-state index in [-0.39, 0.29) is 17.2 Å². The van der Waals surface area contributed by atoms with Crippen molar-refractivity contribution in [1.29, 1.82) is 0 Å². The number of hydrogen-bond donors (Lipinski definition) is 2. The van der Waals surface area contributed by atoms with Crippen LogP contribution in [0.4, 0.5) is 11.4 Å². The molecule has 7 nitrogen and oxygen atoms in total. The van der Waals surface area contributed by atoms with Crippen LogP contribution in [0.25, 0.3) is 0 Å². The monoisotopic (exact) mass is 388 g/mol. The summed E-state index contributed by atoms with van der Waals surface area (Å²) in [5.74, 6) is -1.31. The quantitative estimate of drug-likeness (QED) is 0.838. The largest absolute Gasteiger partial charge is 0.478 e. The fourth-order valence-electron chi connectivity index (χ4n) is 3.12. The maximum absolute atomic E-state index is 12.6. The average molecular weight is 388 g/mol. The van der Waals surface area contributed by atoms with Gasteiger partial charge in [0.25, 0.3) is 5.91 Å². The lowest BCUT2D eigenvalue weighted by molar-refractivity contribution is 0.0695. The van der Waals surface area contributed by atoms with Gasteiger partial charge in [0.15, 0.2) is 0 Å². The predicted octanol–water partition coefficient (Wildman–Crippen LogP) is 2.79. The molecule has 1 fully saturated rings. The number of rotatable bonds is 4. The second-order valence-corrected chi connectivity index (χ2v) is 8.54. The number of carboxylic acids is 1. The van der Waals surface area contributed by atoms with Crippen molar-refractivity contribution in [2.45, 2.75) is 20.3 Å². The molecule has 27 heavy (non-hydrogen) atoms. The molecule has 0 atom stereocenters. The van der Waals surface area contributed by atoms with Crippen LogP contribution >= 0.6 is 0 Å². The molecule has 0 aliphatic carbocycles. The molecule has 0 aromatic heterocycles. The van der Waals surface area contributed by atoms with Crippen molar-refractivity contribution in [1.82, 2.24) is 0 Å². The number of nitrogens with zero attached hydrogens (tertiary/aromatic N) is 1. The van der Waals surface area contributed by atoms with E-state index < -0.39 is 16.0 Å². The molecule has 1 amide bonds. The number of amides is 1. The van der Waals surface area contributed by atoms with Crippen molar-refractivity contribution in [3.05, 3.63) is 58.7 Å². The van der Waals surface area contributed by atoms with Crippen LogP contribution in [-0.2, 0) is 10.0 Å². The first-order chi connectivity index (χ1) is 12.7. The van der Waals surface area contributed by atoms with E-state index in [4.69, 9.17) is 0 Å². The Hall–Kier alpha value is -2.87. The van der Waals surface area contributed by atoms with Gasteiger partial charge >= 0.3 is 5.97 Å². The van der Waals surface area contributed by atoms with Crippen molar-refractivity contribution in [2.24, 2.45) is 0 Å². The van der Waals surface area contributed by atoms with Gasteiger partial charge in [0, 0.05) is 17.8 Å². The van der Waals surface area contributed by atoms with Crippen LogP contribution in [0.1, 0.15) is 38.3 Å². The Kier molecular flexibility index (Phi) is 4.93. The number of hydrogen-bond acceptors (Lipinski definition) is 4. The number of sulfonamides is 1. The maximum atomic E-state index is 12.6. The van der Waals surface area contributed by atoms with Crippen LogP contribution in [0.3, 0.4) is 0 Å². The molecule has 2 aromatic rings. The zero-order valence-corrected chi connectivity index (χ0v) is 15.8. The third-order valence-electron chi connectivity index (χ3n) is 4.57. The number of carboxylic acid groups (broad SMARTS) is 1. The van der Waals surface area contributed by atoms with Crippen LogP contribution in [0.2, 0.25) is 0 Å². The second-order valence-electron chi connectivity index (χ2n) is 6.53. The Balaban J connectivity index is 1.84. The molecule has 142 valence electrons. The molecule has 2 N–H and O–H groups in total. The van der Waals surface area contributed by atoms with Crippen LogP contribution in [0.15, 0.2) is 36.4 Å². The number of aryl methyl sites for hydroxylation is 2. The molecule has 0 saturated carbocycles. The van der Waals surface area contributed by atoms with Gasteiger partial charge in [0.1, 0.15) is 0 Å². The van der Waals surface area contributed by atoms with Gasteiger partial charge in [0.2, 0.25) is 10.0 Å². The van der Waals surface area contributed by atoms with E-state index in [0.29, 0.717) is 41.0 Å². The van der Waals surface area contributed by atoms with Gasteiger partial charge < -0.3 is 10.4 Å². The molecule has 1 saturated heterocycles. The van der Waals surface area contributed by atoms with Gasteiger partial charge in [-0.3, -0.25) is 9.10 Å². The van der Waals surface area contributed by atoms with Gasteiger partial charge in [-0.2, -0.15) is 0 Å². The number of nitrogens with one attached hydrogen (secondary N) is 1. The summed E-state index contributed by atoms with van der Waals surface area (Å²) in [7, 11) is -3.28. The fraction of sp³-hybridized carbons (Fsp3) is 0.263. The topological polar surface area (TPSA) is 104 Å². The van der Waals surface area contributed by atoms with E-state index in [1.807, 2.05) is 0 Å². The van der Waals surface area contributed by atoms with E-state index in [1.54, 1.807) is 44.2 Å². The Labute approximate surface area is 157 Å². The van der Waals surface area contributed by atoms with Gasteiger partial charge in [-0.25, -0.2) is 13.2 Å². The molecule has 1 heterocycles. The average Bonchev–Trinajstić information content (AvgIpc) is 2.95. The summed E-state index contributed by atoms with van der Waals surface area (Å²) in [6, 6.07) is 9.56. The molecule has 0 unspecified atom stereocenters. The molecular weight excluding hydrogens is 368 g/mol. The molecular formula is C19H20N2O5S. The minimum Gasteiger partial charge on any atom is -0.478 e. The smallest absolute Gasteiger partial charge is 0.336 e. The third-order valence-corrected chi connectivity index (χ3v) is 6.44. The van der Waals surface area contributed by atoms with Crippen LogP contribution < -0.4 is 9.62 Å². The van der Waals surface area contributed by atoms with Gasteiger partial charge in [-0.1, -0.05) is 6.07 Å². The number of carbonyl (C=O) groups is 2. The standard InChI is InChI=1S/C19H20N2O5S/c1-12-4-5-14(11-17(12)19(23)24)20-18(22)16-7-6-15(10-13(16)2)21-8-3-9-27(21,25)26/h4-7,10-11H,3,8-9H2,1-2H3,(H,20,22)(H,23,24). The van der Waals surface area contributed by atoms with Crippen LogP contribution in [0.5, 0.6) is 0 Å². The number of carbonyl (C=O) groups excluding carboxylic acids is 1. The Morgan fingerprint density at radius 3 is 2.37 bits per heavy atom. The van der Waals surface area contributed by atoms with Crippen molar-refractivity contribution in [3.63, 3.8) is 0 Å². The highest BCUT2D eigenvalue weighted by atomic mass is 32.2.